The van der Waals surface area contributed by atoms with E-state index < -0.39 is 16.0 Å². The molecule has 0 heterocycles. The lowest BCUT2D eigenvalue weighted by molar-refractivity contribution is 0.0600. The van der Waals surface area contributed by atoms with Crippen molar-refractivity contribution in [3.8, 4) is 0 Å². The van der Waals surface area contributed by atoms with Gasteiger partial charge in [0.1, 0.15) is 0 Å². The number of hydrogen-bond acceptors (Lipinski definition) is 5. The fraction of sp³-hybridized carbons (Fsp3) is 0.188. The van der Waals surface area contributed by atoms with Crippen molar-refractivity contribution in [1.29, 1.82) is 0 Å². The lowest BCUT2D eigenvalue weighted by atomic mass is 10.2. The van der Waals surface area contributed by atoms with Gasteiger partial charge in [0.25, 0.3) is 10.0 Å². The van der Waals surface area contributed by atoms with Gasteiger partial charge in [0.2, 0.25) is 0 Å². The summed E-state index contributed by atoms with van der Waals surface area (Å²) in [5.41, 5.74) is 1.43. The summed E-state index contributed by atoms with van der Waals surface area (Å²) in [5, 5.41) is 0. The third-order valence-electron chi connectivity index (χ3n) is 3.06. The van der Waals surface area contributed by atoms with E-state index in [1.807, 2.05) is 6.07 Å². The number of carbonyl (C=O) groups excluding carboxylic acids is 1. The van der Waals surface area contributed by atoms with Crippen LogP contribution in [0.15, 0.2) is 53.4 Å². The zero-order valence-corrected chi connectivity index (χ0v) is 13.6. The highest BCUT2D eigenvalue weighted by atomic mass is 32.2. The van der Waals surface area contributed by atoms with Crippen LogP contribution >= 0.6 is 0 Å². The summed E-state index contributed by atoms with van der Waals surface area (Å²) in [6.45, 7) is 0.382. The minimum absolute atomic E-state index is 0.0162. The molecular weight excluding hydrogens is 318 g/mol. The van der Waals surface area contributed by atoms with E-state index in [1.165, 1.54) is 31.4 Å². The third-order valence-corrected chi connectivity index (χ3v) is 4.43. The van der Waals surface area contributed by atoms with Crippen LogP contribution in [0.2, 0.25) is 0 Å². The number of carbonyl (C=O) groups is 1. The maximum absolute atomic E-state index is 12.4. The van der Waals surface area contributed by atoms with Crippen LogP contribution in [0, 0.1) is 0 Å². The smallest absolute Gasteiger partial charge is 0.337 e. The Morgan fingerprint density at radius 1 is 1.09 bits per heavy atom. The number of ether oxygens (including phenoxy) is 2. The molecule has 1 N–H and O–H groups in total. The minimum atomic E-state index is -3.81. The van der Waals surface area contributed by atoms with Gasteiger partial charge in [-0.05, 0) is 35.9 Å². The summed E-state index contributed by atoms with van der Waals surface area (Å²) in [5.74, 6) is -0.593. The van der Waals surface area contributed by atoms with E-state index in [0.717, 1.165) is 5.56 Å². The summed E-state index contributed by atoms with van der Waals surface area (Å²) in [6.07, 6.45) is 0. The molecule has 0 radical (unpaired) electrons. The average Bonchev–Trinajstić information content (AvgIpc) is 2.54. The van der Waals surface area contributed by atoms with Crippen molar-refractivity contribution in [1.82, 2.24) is 0 Å². The second-order valence-corrected chi connectivity index (χ2v) is 6.44. The van der Waals surface area contributed by atoms with Crippen LogP contribution in [0.1, 0.15) is 15.9 Å². The topological polar surface area (TPSA) is 81.7 Å². The summed E-state index contributed by atoms with van der Waals surface area (Å²) in [6, 6.07) is 12.6. The number of esters is 1. The first-order chi connectivity index (χ1) is 11.0. The molecule has 0 aromatic heterocycles. The molecule has 0 saturated carbocycles. The second kappa shape index (κ2) is 7.26. The number of benzene rings is 2. The predicted molar refractivity (Wildman–Crippen MR) is 85.7 cm³/mol. The highest BCUT2D eigenvalue weighted by Crippen LogP contribution is 2.19. The molecule has 0 spiro atoms. The molecule has 0 bridgehead atoms. The van der Waals surface area contributed by atoms with Gasteiger partial charge < -0.3 is 9.47 Å². The first-order valence-electron chi connectivity index (χ1n) is 6.75. The van der Waals surface area contributed by atoms with E-state index in [4.69, 9.17) is 4.74 Å². The Balaban J connectivity index is 2.28. The molecule has 0 fully saturated rings. The quantitative estimate of drug-likeness (QED) is 0.820. The molecule has 6 nitrogen and oxygen atoms in total. The van der Waals surface area contributed by atoms with Crippen LogP contribution in [-0.4, -0.2) is 28.6 Å². The second-order valence-electron chi connectivity index (χ2n) is 4.76. The van der Waals surface area contributed by atoms with Crippen molar-refractivity contribution in [2.75, 3.05) is 18.9 Å². The van der Waals surface area contributed by atoms with Crippen molar-refractivity contribution in [2.24, 2.45) is 0 Å². The SMILES string of the molecule is COCc1cccc(NS(=O)(=O)c2cccc(C(=O)OC)c2)c1. The molecule has 0 unspecified atom stereocenters. The van der Waals surface area contributed by atoms with Gasteiger partial charge in [0.15, 0.2) is 0 Å². The van der Waals surface area contributed by atoms with Crippen LogP contribution in [0.25, 0.3) is 0 Å². The Bertz CT molecular complexity index is 802. The van der Waals surface area contributed by atoms with Crippen molar-refractivity contribution >= 4 is 21.7 Å². The Morgan fingerprint density at radius 3 is 2.52 bits per heavy atom. The molecule has 2 aromatic carbocycles. The van der Waals surface area contributed by atoms with Gasteiger partial charge in [-0.3, -0.25) is 4.72 Å². The molecule has 2 aromatic rings. The van der Waals surface area contributed by atoms with Crippen molar-refractivity contribution in [3.05, 3.63) is 59.7 Å². The summed E-state index contributed by atoms with van der Waals surface area (Å²) in [4.78, 5) is 11.5. The first-order valence-corrected chi connectivity index (χ1v) is 8.23. The summed E-state index contributed by atoms with van der Waals surface area (Å²) >= 11 is 0. The number of anilines is 1. The third kappa shape index (κ3) is 4.30. The molecule has 0 aliphatic heterocycles. The van der Waals surface area contributed by atoms with E-state index in [1.54, 1.807) is 25.3 Å². The number of hydrogen-bond donors (Lipinski definition) is 1. The molecular formula is C16H17NO5S. The number of sulfonamides is 1. The fourth-order valence-electron chi connectivity index (χ4n) is 2.01. The molecule has 2 rings (SSSR count). The van der Waals surface area contributed by atoms with Crippen LogP contribution < -0.4 is 4.72 Å². The molecule has 0 atom stereocenters. The van der Waals surface area contributed by atoms with Crippen LogP contribution in [-0.2, 0) is 26.1 Å². The normalized spacial score (nSPS) is 11.0. The molecule has 23 heavy (non-hydrogen) atoms. The average molecular weight is 335 g/mol. The molecule has 0 aliphatic rings. The minimum Gasteiger partial charge on any atom is -0.465 e. The standard InChI is InChI=1S/C16H17NO5S/c1-21-11-12-5-3-7-14(9-12)17-23(19,20)15-8-4-6-13(10-15)16(18)22-2/h3-10,17H,11H2,1-2H3. The zero-order valence-electron chi connectivity index (χ0n) is 12.8. The van der Waals surface area contributed by atoms with Crippen LogP contribution in [0.3, 0.4) is 0 Å². The first kappa shape index (κ1) is 17.0. The van der Waals surface area contributed by atoms with Gasteiger partial charge in [-0.15, -0.1) is 0 Å². The Kier molecular flexibility index (Phi) is 5.36. The van der Waals surface area contributed by atoms with Gasteiger partial charge in [0, 0.05) is 12.8 Å². The highest BCUT2D eigenvalue weighted by Gasteiger charge is 2.17. The maximum Gasteiger partial charge on any atom is 0.337 e. The van der Waals surface area contributed by atoms with Crippen LogP contribution in [0.5, 0.6) is 0 Å². The van der Waals surface area contributed by atoms with Crippen LogP contribution in [0.4, 0.5) is 5.69 Å². The van der Waals surface area contributed by atoms with Gasteiger partial charge in [-0.1, -0.05) is 18.2 Å². The molecule has 122 valence electrons. The lowest BCUT2D eigenvalue weighted by Gasteiger charge is -2.10. The van der Waals surface area contributed by atoms with Crippen molar-refractivity contribution in [3.63, 3.8) is 0 Å². The highest BCUT2D eigenvalue weighted by molar-refractivity contribution is 7.92. The summed E-state index contributed by atoms with van der Waals surface area (Å²) in [7, 11) is -1.00. The van der Waals surface area contributed by atoms with E-state index >= 15 is 0 Å². The van der Waals surface area contributed by atoms with Crippen molar-refractivity contribution < 1.29 is 22.7 Å². The van der Waals surface area contributed by atoms with Gasteiger partial charge in [0.05, 0.1) is 24.2 Å². The van der Waals surface area contributed by atoms with E-state index in [-0.39, 0.29) is 10.5 Å². The van der Waals surface area contributed by atoms with E-state index in [9.17, 15) is 13.2 Å². The zero-order chi connectivity index (χ0) is 16.9. The molecule has 0 amide bonds. The van der Waals surface area contributed by atoms with E-state index in [0.29, 0.717) is 12.3 Å². The molecule has 0 aliphatic carbocycles. The van der Waals surface area contributed by atoms with Gasteiger partial charge in [-0.2, -0.15) is 0 Å². The monoisotopic (exact) mass is 335 g/mol. The lowest BCUT2D eigenvalue weighted by Crippen LogP contribution is -2.14. The Labute approximate surface area is 135 Å². The van der Waals surface area contributed by atoms with Gasteiger partial charge >= 0.3 is 5.97 Å². The van der Waals surface area contributed by atoms with Gasteiger partial charge in [-0.25, -0.2) is 13.2 Å². The number of nitrogens with one attached hydrogen (secondary N) is 1. The fourth-order valence-corrected chi connectivity index (χ4v) is 3.11. The Morgan fingerprint density at radius 2 is 1.83 bits per heavy atom. The Hall–Kier alpha value is -2.38. The summed E-state index contributed by atoms with van der Waals surface area (Å²) < 4.78 is 37.0. The molecule has 7 heteroatoms. The molecule has 0 saturated heterocycles. The maximum atomic E-state index is 12.4. The van der Waals surface area contributed by atoms with E-state index in [2.05, 4.69) is 9.46 Å². The number of rotatable bonds is 6. The predicted octanol–water partition coefficient (Wildman–Crippen LogP) is 2.42. The number of methoxy groups -OCH3 is 2. The largest absolute Gasteiger partial charge is 0.465 e. The van der Waals surface area contributed by atoms with Crippen molar-refractivity contribution in [2.45, 2.75) is 11.5 Å².